The lowest BCUT2D eigenvalue weighted by atomic mass is 10.1. The van der Waals surface area contributed by atoms with Crippen molar-refractivity contribution in [1.82, 2.24) is 25.2 Å². The SMILES string of the molecule is CC(CN1CCc2c(nc(-c3ccncc3)[nH]c2=O)C1)NC(=O)OC(C)(C)C. The van der Waals surface area contributed by atoms with Gasteiger partial charge < -0.3 is 15.0 Å². The van der Waals surface area contributed by atoms with Crippen molar-refractivity contribution in [2.45, 2.75) is 52.3 Å². The van der Waals surface area contributed by atoms with E-state index in [0.717, 1.165) is 23.4 Å². The van der Waals surface area contributed by atoms with Crippen LogP contribution < -0.4 is 10.9 Å². The summed E-state index contributed by atoms with van der Waals surface area (Å²) in [6.07, 6.45) is 3.55. The van der Waals surface area contributed by atoms with Crippen molar-refractivity contribution in [3.8, 4) is 11.4 Å². The number of amides is 1. The quantitative estimate of drug-likeness (QED) is 0.836. The summed E-state index contributed by atoms with van der Waals surface area (Å²) in [7, 11) is 0. The zero-order chi connectivity index (χ0) is 20.3. The Morgan fingerprint density at radius 1 is 1.36 bits per heavy atom. The molecule has 0 spiro atoms. The van der Waals surface area contributed by atoms with Gasteiger partial charge in [0, 0.05) is 49.2 Å². The molecule has 3 heterocycles. The Hall–Kier alpha value is -2.74. The van der Waals surface area contributed by atoms with E-state index in [4.69, 9.17) is 4.74 Å². The molecule has 1 atom stereocenters. The number of rotatable bonds is 4. The Labute approximate surface area is 164 Å². The molecule has 0 aliphatic carbocycles. The number of nitrogens with zero attached hydrogens (tertiary/aromatic N) is 3. The van der Waals surface area contributed by atoms with E-state index in [1.807, 2.05) is 39.8 Å². The van der Waals surface area contributed by atoms with Crippen molar-refractivity contribution in [2.24, 2.45) is 0 Å². The molecule has 1 amide bonds. The minimum absolute atomic E-state index is 0.0851. The van der Waals surface area contributed by atoms with Crippen molar-refractivity contribution >= 4 is 6.09 Å². The first-order chi connectivity index (χ1) is 13.2. The number of H-pyrrole nitrogens is 1. The Morgan fingerprint density at radius 3 is 2.75 bits per heavy atom. The van der Waals surface area contributed by atoms with Crippen LogP contribution in [0.1, 0.15) is 39.0 Å². The number of aromatic amines is 1. The highest BCUT2D eigenvalue weighted by Crippen LogP contribution is 2.18. The van der Waals surface area contributed by atoms with Gasteiger partial charge in [0.05, 0.1) is 5.69 Å². The summed E-state index contributed by atoms with van der Waals surface area (Å²) >= 11 is 0. The minimum Gasteiger partial charge on any atom is -0.444 e. The molecule has 1 aliphatic heterocycles. The molecule has 0 bridgehead atoms. The third-order valence-electron chi connectivity index (χ3n) is 4.40. The van der Waals surface area contributed by atoms with Crippen LogP contribution in [0.25, 0.3) is 11.4 Å². The van der Waals surface area contributed by atoms with Gasteiger partial charge in [-0.25, -0.2) is 9.78 Å². The second-order valence-corrected chi connectivity index (χ2v) is 8.11. The lowest BCUT2D eigenvalue weighted by molar-refractivity contribution is 0.0495. The second-order valence-electron chi connectivity index (χ2n) is 8.11. The average Bonchev–Trinajstić information content (AvgIpc) is 2.60. The number of nitrogens with one attached hydrogen (secondary N) is 2. The second kappa shape index (κ2) is 8.10. The van der Waals surface area contributed by atoms with E-state index < -0.39 is 11.7 Å². The largest absolute Gasteiger partial charge is 0.444 e. The number of carbonyl (C=O) groups excluding carboxylic acids is 1. The maximum Gasteiger partial charge on any atom is 0.407 e. The molecular formula is C20H27N5O3. The van der Waals surface area contributed by atoms with Crippen molar-refractivity contribution in [3.05, 3.63) is 46.1 Å². The summed E-state index contributed by atoms with van der Waals surface area (Å²) in [5.41, 5.74) is 1.73. The maximum atomic E-state index is 12.5. The van der Waals surface area contributed by atoms with Gasteiger partial charge in [-0.15, -0.1) is 0 Å². The summed E-state index contributed by atoms with van der Waals surface area (Å²) in [6, 6.07) is 3.55. The molecule has 2 aromatic rings. The Bertz CT molecular complexity index is 889. The lowest BCUT2D eigenvalue weighted by Gasteiger charge is -2.30. The Kier molecular flexibility index (Phi) is 5.79. The number of hydrogen-bond donors (Lipinski definition) is 2. The molecule has 2 aromatic heterocycles. The number of aromatic nitrogens is 3. The van der Waals surface area contributed by atoms with Crippen LogP contribution in [0.4, 0.5) is 4.79 Å². The molecule has 3 rings (SSSR count). The van der Waals surface area contributed by atoms with Crippen molar-refractivity contribution < 1.29 is 9.53 Å². The first-order valence-corrected chi connectivity index (χ1v) is 9.45. The van der Waals surface area contributed by atoms with Gasteiger partial charge in [0.2, 0.25) is 0 Å². The van der Waals surface area contributed by atoms with Gasteiger partial charge in [0.15, 0.2) is 0 Å². The van der Waals surface area contributed by atoms with E-state index in [-0.39, 0.29) is 11.6 Å². The van der Waals surface area contributed by atoms with E-state index in [2.05, 4.69) is 25.2 Å². The number of fused-ring (bicyclic) bond motifs is 1. The molecule has 0 fully saturated rings. The highest BCUT2D eigenvalue weighted by molar-refractivity contribution is 5.68. The van der Waals surface area contributed by atoms with Gasteiger partial charge in [0.25, 0.3) is 5.56 Å². The molecule has 2 N–H and O–H groups in total. The minimum atomic E-state index is -0.526. The van der Waals surface area contributed by atoms with E-state index in [1.165, 1.54) is 0 Å². The summed E-state index contributed by atoms with van der Waals surface area (Å²) in [5.74, 6) is 0.549. The molecule has 0 aromatic carbocycles. The molecule has 28 heavy (non-hydrogen) atoms. The molecule has 0 saturated heterocycles. The van der Waals surface area contributed by atoms with Gasteiger partial charge in [-0.2, -0.15) is 0 Å². The fourth-order valence-corrected chi connectivity index (χ4v) is 3.24. The van der Waals surface area contributed by atoms with Gasteiger partial charge in [-0.1, -0.05) is 0 Å². The zero-order valence-electron chi connectivity index (χ0n) is 16.8. The maximum absolute atomic E-state index is 12.5. The Morgan fingerprint density at radius 2 is 2.07 bits per heavy atom. The number of pyridine rings is 1. The van der Waals surface area contributed by atoms with Crippen LogP contribution in [0.5, 0.6) is 0 Å². The molecule has 0 radical (unpaired) electrons. The number of carbonyl (C=O) groups is 1. The van der Waals surface area contributed by atoms with Crippen molar-refractivity contribution in [3.63, 3.8) is 0 Å². The van der Waals surface area contributed by atoms with Gasteiger partial charge in [0.1, 0.15) is 11.4 Å². The first kappa shape index (κ1) is 20.0. The van der Waals surface area contributed by atoms with Crippen LogP contribution in [0.3, 0.4) is 0 Å². The first-order valence-electron chi connectivity index (χ1n) is 9.45. The molecule has 1 unspecified atom stereocenters. The summed E-state index contributed by atoms with van der Waals surface area (Å²) in [4.78, 5) is 38.1. The highest BCUT2D eigenvalue weighted by Gasteiger charge is 2.24. The van der Waals surface area contributed by atoms with E-state index in [0.29, 0.717) is 25.3 Å². The normalized spacial score (nSPS) is 15.6. The third kappa shape index (κ3) is 5.16. The standard InChI is InChI=1S/C20H27N5O3/c1-13(22-19(27)28-20(2,3)4)11-25-10-7-15-16(12-25)23-17(24-18(15)26)14-5-8-21-9-6-14/h5-6,8-9,13H,7,10-12H2,1-4H3,(H,22,27)(H,23,24,26). The van der Waals surface area contributed by atoms with Crippen LogP contribution in [-0.4, -0.2) is 50.7 Å². The average molecular weight is 385 g/mol. The van der Waals surface area contributed by atoms with Gasteiger partial charge in [-0.3, -0.25) is 14.7 Å². The predicted octanol–water partition coefficient (Wildman–Crippen LogP) is 2.10. The highest BCUT2D eigenvalue weighted by atomic mass is 16.6. The monoisotopic (exact) mass is 385 g/mol. The van der Waals surface area contributed by atoms with Crippen LogP contribution in [0, 0.1) is 0 Å². The predicted molar refractivity (Wildman–Crippen MR) is 106 cm³/mol. The summed E-state index contributed by atoms with van der Waals surface area (Å²) in [5, 5.41) is 2.86. The van der Waals surface area contributed by atoms with E-state index >= 15 is 0 Å². The van der Waals surface area contributed by atoms with Crippen LogP contribution in [-0.2, 0) is 17.7 Å². The van der Waals surface area contributed by atoms with Crippen LogP contribution >= 0.6 is 0 Å². The molecule has 1 aliphatic rings. The fraction of sp³-hybridized carbons (Fsp3) is 0.500. The van der Waals surface area contributed by atoms with Crippen LogP contribution in [0.2, 0.25) is 0 Å². The zero-order valence-corrected chi connectivity index (χ0v) is 16.8. The molecular weight excluding hydrogens is 358 g/mol. The van der Waals surface area contributed by atoms with E-state index in [1.54, 1.807) is 12.4 Å². The van der Waals surface area contributed by atoms with Gasteiger partial charge >= 0.3 is 6.09 Å². The number of hydrogen-bond acceptors (Lipinski definition) is 6. The van der Waals surface area contributed by atoms with Gasteiger partial charge in [-0.05, 0) is 46.2 Å². The van der Waals surface area contributed by atoms with E-state index in [9.17, 15) is 9.59 Å². The molecule has 8 nitrogen and oxygen atoms in total. The van der Waals surface area contributed by atoms with Crippen molar-refractivity contribution in [2.75, 3.05) is 13.1 Å². The molecule has 150 valence electrons. The van der Waals surface area contributed by atoms with Crippen molar-refractivity contribution in [1.29, 1.82) is 0 Å². The summed E-state index contributed by atoms with van der Waals surface area (Å²) in [6.45, 7) is 9.41. The summed E-state index contributed by atoms with van der Waals surface area (Å²) < 4.78 is 5.30. The third-order valence-corrected chi connectivity index (χ3v) is 4.40. The smallest absolute Gasteiger partial charge is 0.407 e. The number of alkyl carbamates (subject to hydrolysis) is 1. The lowest BCUT2D eigenvalue weighted by Crippen LogP contribution is -2.46. The molecule has 0 saturated carbocycles. The topological polar surface area (TPSA) is 100 Å². The molecule has 8 heteroatoms. The Balaban J connectivity index is 1.67. The van der Waals surface area contributed by atoms with Crippen LogP contribution in [0.15, 0.2) is 29.3 Å². The fourth-order valence-electron chi connectivity index (χ4n) is 3.24. The number of ether oxygens (including phenoxy) is 1.